The Bertz CT molecular complexity index is 1490. The van der Waals surface area contributed by atoms with Crippen molar-refractivity contribution >= 4 is 17.9 Å². The van der Waals surface area contributed by atoms with E-state index in [4.69, 9.17) is 14.2 Å². The van der Waals surface area contributed by atoms with Gasteiger partial charge in [-0.1, -0.05) is 231 Å². The number of unbranched alkanes of at least 4 members (excludes halogenated alkanes) is 17. The lowest BCUT2D eigenvalue weighted by molar-refractivity contribution is -0.167. The van der Waals surface area contributed by atoms with E-state index in [-0.39, 0.29) is 37.5 Å². The van der Waals surface area contributed by atoms with E-state index in [0.29, 0.717) is 19.3 Å². The highest BCUT2D eigenvalue weighted by atomic mass is 16.6. The van der Waals surface area contributed by atoms with Crippen LogP contribution in [0.5, 0.6) is 0 Å². The van der Waals surface area contributed by atoms with E-state index in [0.717, 1.165) is 103 Å². The van der Waals surface area contributed by atoms with Gasteiger partial charge >= 0.3 is 17.9 Å². The van der Waals surface area contributed by atoms with E-state index in [2.05, 4.69) is 69.4 Å². The normalized spacial score (nSPS) is 13.3. The van der Waals surface area contributed by atoms with E-state index >= 15 is 0 Å². The Labute approximate surface area is 397 Å². The quantitative estimate of drug-likeness (QED) is 0.0199. The molecule has 0 bridgehead atoms. The molecule has 0 N–H and O–H groups in total. The minimum absolute atomic E-state index is 0.117. The molecule has 6 nitrogen and oxygen atoms in total. The van der Waals surface area contributed by atoms with Gasteiger partial charge in [-0.15, -0.1) is 0 Å². The molecule has 0 aliphatic heterocycles. The SMILES string of the molecule is CC\C=C/C=C\C=C/C=C\C=C\C=C/C=C\CCCCCC(=O)OCC(COC(=O)CCCCC/C=C\CCCCCCCC)OC(=O)CCCCCCC\C=C/C=C\C=C/C=C\CC. The lowest BCUT2D eigenvalue weighted by atomic mass is 10.1. The third-order valence-electron chi connectivity index (χ3n) is 10.1. The Hall–Kier alpha value is -4.71. The smallest absolute Gasteiger partial charge is 0.306 e. The molecule has 0 aliphatic rings. The van der Waals surface area contributed by atoms with Crippen LogP contribution >= 0.6 is 0 Å². The largest absolute Gasteiger partial charge is 0.462 e. The maximum absolute atomic E-state index is 12.8. The van der Waals surface area contributed by atoms with E-state index in [1.807, 2.05) is 97.2 Å². The maximum atomic E-state index is 12.8. The first-order valence-electron chi connectivity index (χ1n) is 25.5. The number of allylic oxidation sites excluding steroid dienone is 24. The molecule has 0 aliphatic carbocycles. The zero-order chi connectivity index (χ0) is 47.2. The van der Waals surface area contributed by atoms with Crippen molar-refractivity contribution in [3.05, 3.63) is 146 Å². The molecule has 0 aromatic carbocycles. The monoisotopic (exact) mass is 895 g/mol. The molecule has 0 saturated heterocycles. The van der Waals surface area contributed by atoms with Gasteiger partial charge in [-0.2, -0.15) is 0 Å². The predicted molar refractivity (Wildman–Crippen MR) is 279 cm³/mol. The van der Waals surface area contributed by atoms with Gasteiger partial charge in [0.2, 0.25) is 0 Å². The molecular weight excluding hydrogens is 805 g/mol. The van der Waals surface area contributed by atoms with Crippen molar-refractivity contribution in [2.24, 2.45) is 0 Å². The van der Waals surface area contributed by atoms with Crippen molar-refractivity contribution in [3.63, 3.8) is 0 Å². The average molecular weight is 895 g/mol. The van der Waals surface area contributed by atoms with Crippen LogP contribution in [0.15, 0.2) is 146 Å². The number of rotatable bonds is 43. The summed E-state index contributed by atoms with van der Waals surface area (Å²) in [6, 6.07) is 0. The van der Waals surface area contributed by atoms with E-state index < -0.39 is 6.10 Å². The van der Waals surface area contributed by atoms with Crippen LogP contribution in [-0.2, 0) is 28.6 Å². The van der Waals surface area contributed by atoms with Crippen LogP contribution in [0.25, 0.3) is 0 Å². The first-order chi connectivity index (χ1) is 32.0. The molecule has 0 aromatic rings. The number of hydrogen-bond acceptors (Lipinski definition) is 6. The van der Waals surface area contributed by atoms with Gasteiger partial charge in [0.1, 0.15) is 13.2 Å². The molecule has 0 fully saturated rings. The Morgan fingerprint density at radius 1 is 0.323 bits per heavy atom. The predicted octanol–water partition coefficient (Wildman–Crippen LogP) is 16.9. The molecule has 0 saturated carbocycles. The third-order valence-corrected chi connectivity index (χ3v) is 10.1. The summed E-state index contributed by atoms with van der Waals surface area (Å²) in [7, 11) is 0. The summed E-state index contributed by atoms with van der Waals surface area (Å²) >= 11 is 0. The van der Waals surface area contributed by atoms with Crippen LogP contribution < -0.4 is 0 Å². The van der Waals surface area contributed by atoms with Crippen molar-refractivity contribution in [2.75, 3.05) is 13.2 Å². The third kappa shape index (κ3) is 50.2. The van der Waals surface area contributed by atoms with Gasteiger partial charge in [0, 0.05) is 19.3 Å². The van der Waals surface area contributed by atoms with Gasteiger partial charge in [0.25, 0.3) is 0 Å². The molecule has 362 valence electrons. The number of esters is 3. The van der Waals surface area contributed by atoms with Crippen LogP contribution in [0, 0.1) is 0 Å². The van der Waals surface area contributed by atoms with Crippen molar-refractivity contribution in [3.8, 4) is 0 Å². The fourth-order valence-corrected chi connectivity index (χ4v) is 6.31. The van der Waals surface area contributed by atoms with Crippen molar-refractivity contribution in [1.29, 1.82) is 0 Å². The summed E-state index contributed by atoms with van der Waals surface area (Å²) in [5, 5.41) is 0. The van der Waals surface area contributed by atoms with E-state index in [1.54, 1.807) is 0 Å². The maximum Gasteiger partial charge on any atom is 0.306 e. The summed E-state index contributed by atoms with van der Waals surface area (Å²) in [6.45, 7) is 6.24. The lowest BCUT2D eigenvalue weighted by Gasteiger charge is -2.18. The molecule has 0 aromatic heterocycles. The molecule has 0 rings (SSSR count). The van der Waals surface area contributed by atoms with Gasteiger partial charge < -0.3 is 14.2 Å². The zero-order valence-corrected chi connectivity index (χ0v) is 41.2. The Morgan fingerprint density at radius 2 is 0.615 bits per heavy atom. The Kier molecular flexibility index (Phi) is 48.2. The summed E-state index contributed by atoms with van der Waals surface area (Å²) in [6.07, 6.45) is 73.9. The summed E-state index contributed by atoms with van der Waals surface area (Å²) in [4.78, 5) is 38.0. The number of hydrogen-bond donors (Lipinski definition) is 0. The van der Waals surface area contributed by atoms with Crippen LogP contribution in [0.3, 0.4) is 0 Å². The first-order valence-corrected chi connectivity index (χ1v) is 25.5. The van der Waals surface area contributed by atoms with Gasteiger partial charge in [-0.05, 0) is 83.5 Å². The molecule has 0 amide bonds. The first kappa shape index (κ1) is 60.3. The summed E-state index contributed by atoms with van der Waals surface area (Å²) in [5.74, 6) is -1.01. The molecule has 0 spiro atoms. The molecule has 0 heterocycles. The highest BCUT2D eigenvalue weighted by Gasteiger charge is 2.19. The second-order valence-corrected chi connectivity index (χ2v) is 16.2. The minimum atomic E-state index is -0.822. The second-order valence-electron chi connectivity index (χ2n) is 16.2. The second kappa shape index (κ2) is 51.9. The van der Waals surface area contributed by atoms with E-state index in [9.17, 15) is 14.4 Å². The molecule has 0 radical (unpaired) electrons. The standard InChI is InChI=1S/C59H90O6/c1-4-7-10-13-16-19-22-25-27-28-29-30-32-34-37-40-43-46-49-52-58(61)64-55-56(54-63-57(60)51-48-45-42-39-36-33-24-21-18-15-12-9-6-3)65-59(62)53-50-47-44-41-38-35-31-26-23-20-17-14-11-8-5-2/h7-8,10-11,13-14,16-17,19-20,22-23,25-34,36-37,56H,4-6,9,12,15,18,21,24,35,38-55H2,1-3H3/b10-7-,11-8-,16-13-,17-14-,22-19-,23-20-,27-25-,29-28+,31-26-,32-30-,36-33-,37-34-. The summed E-state index contributed by atoms with van der Waals surface area (Å²) in [5.41, 5.74) is 0. The van der Waals surface area contributed by atoms with Crippen molar-refractivity contribution < 1.29 is 28.6 Å². The topological polar surface area (TPSA) is 78.9 Å². The van der Waals surface area contributed by atoms with Crippen molar-refractivity contribution in [1.82, 2.24) is 0 Å². The molecule has 1 atom stereocenters. The van der Waals surface area contributed by atoms with Gasteiger partial charge in [0.05, 0.1) is 0 Å². The summed E-state index contributed by atoms with van der Waals surface area (Å²) < 4.78 is 16.7. The number of carbonyl (C=O) groups is 3. The van der Waals surface area contributed by atoms with Crippen LogP contribution in [0.1, 0.15) is 188 Å². The van der Waals surface area contributed by atoms with Crippen LogP contribution in [-0.4, -0.2) is 37.2 Å². The molecule has 1 unspecified atom stereocenters. The molecule has 6 heteroatoms. The number of ether oxygens (including phenoxy) is 3. The average Bonchev–Trinajstić information content (AvgIpc) is 3.30. The highest BCUT2D eigenvalue weighted by molar-refractivity contribution is 5.71. The van der Waals surface area contributed by atoms with Crippen LogP contribution in [0.2, 0.25) is 0 Å². The fraction of sp³-hybridized carbons (Fsp3) is 0.542. The molecule has 65 heavy (non-hydrogen) atoms. The van der Waals surface area contributed by atoms with Crippen LogP contribution in [0.4, 0.5) is 0 Å². The Morgan fingerprint density at radius 3 is 1.00 bits per heavy atom. The highest BCUT2D eigenvalue weighted by Crippen LogP contribution is 2.12. The fourth-order valence-electron chi connectivity index (χ4n) is 6.31. The molecular formula is C59H90O6. The van der Waals surface area contributed by atoms with E-state index in [1.165, 1.54) is 38.5 Å². The van der Waals surface area contributed by atoms with Gasteiger partial charge in [0.15, 0.2) is 6.10 Å². The lowest BCUT2D eigenvalue weighted by Crippen LogP contribution is -2.30. The van der Waals surface area contributed by atoms with Gasteiger partial charge in [-0.25, -0.2) is 0 Å². The zero-order valence-electron chi connectivity index (χ0n) is 41.2. The number of carbonyl (C=O) groups excluding carboxylic acids is 3. The minimum Gasteiger partial charge on any atom is -0.462 e. The Balaban J connectivity index is 4.59. The van der Waals surface area contributed by atoms with Crippen molar-refractivity contribution in [2.45, 2.75) is 194 Å². The van der Waals surface area contributed by atoms with Gasteiger partial charge in [-0.3, -0.25) is 14.4 Å².